The summed E-state index contributed by atoms with van der Waals surface area (Å²) >= 11 is 0. The molecule has 0 atom stereocenters. The molecule has 0 aliphatic carbocycles. The van der Waals surface area contributed by atoms with Gasteiger partial charge in [0, 0.05) is 39.9 Å². The molecule has 1 aromatic rings. The Morgan fingerprint density at radius 1 is 1.22 bits per heavy atom. The molecule has 1 aromatic carbocycles. The molecular weight excluding hydrogens is 230 g/mol. The Labute approximate surface area is 108 Å². The number of nitrogens with two attached hydrogens (primary N) is 1. The van der Waals surface area contributed by atoms with E-state index < -0.39 is 0 Å². The van der Waals surface area contributed by atoms with Crippen LogP contribution in [-0.2, 0) is 11.3 Å². The van der Waals surface area contributed by atoms with E-state index in [0.29, 0.717) is 13.1 Å². The third-order valence-corrected chi connectivity index (χ3v) is 2.59. The molecule has 0 radical (unpaired) electrons. The maximum Gasteiger partial charge on any atom is 0.409 e. The number of amides is 1. The SMILES string of the molecule is CN(CCN)C(=O)OCc1ccc(N(C)C)cc1. The molecule has 0 aromatic heterocycles. The van der Waals surface area contributed by atoms with Gasteiger partial charge in [0.15, 0.2) is 0 Å². The number of benzene rings is 1. The van der Waals surface area contributed by atoms with Crippen molar-refractivity contribution >= 4 is 11.8 Å². The summed E-state index contributed by atoms with van der Waals surface area (Å²) in [5.41, 5.74) is 7.45. The summed E-state index contributed by atoms with van der Waals surface area (Å²) in [5.74, 6) is 0. The summed E-state index contributed by atoms with van der Waals surface area (Å²) in [4.78, 5) is 15.0. The lowest BCUT2D eigenvalue weighted by molar-refractivity contribution is 0.106. The standard InChI is InChI=1S/C13H21N3O2/c1-15(2)12-6-4-11(5-7-12)10-18-13(17)16(3)9-8-14/h4-7H,8-10,14H2,1-3H3. The maximum atomic E-state index is 11.5. The Bertz CT molecular complexity index is 376. The number of likely N-dealkylation sites (N-methyl/N-ethyl adjacent to an activating group) is 1. The number of anilines is 1. The third kappa shape index (κ3) is 4.25. The molecule has 1 rings (SSSR count). The Morgan fingerprint density at radius 2 is 1.83 bits per heavy atom. The molecule has 0 aliphatic rings. The fraction of sp³-hybridized carbons (Fsp3) is 0.462. The van der Waals surface area contributed by atoms with Crippen molar-refractivity contribution in [2.45, 2.75) is 6.61 Å². The van der Waals surface area contributed by atoms with Gasteiger partial charge in [-0.15, -0.1) is 0 Å². The molecule has 0 saturated heterocycles. The second-order valence-electron chi connectivity index (χ2n) is 4.33. The smallest absolute Gasteiger partial charge is 0.409 e. The van der Waals surface area contributed by atoms with Crippen LogP contribution in [0.3, 0.4) is 0 Å². The van der Waals surface area contributed by atoms with E-state index in [2.05, 4.69) is 0 Å². The number of ether oxygens (including phenoxy) is 1. The first kappa shape index (κ1) is 14.3. The summed E-state index contributed by atoms with van der Waals surface area (Å²) in [6.07, 6.45) is -0.350. The maximum absolute atomic E-state index is 11.5. The quantitative estimate of drug-likeness (QED) is 0.856. The number of nitrogens with zero attached hydrogens (tertiary/aromatic N) is 2. The minimum Gasteiger partial charge on any atom is -0.445 e. The van der Waals surface area contributed by atoms with Gasteiger partial charge in [0.05, 0.1) is 0 Å². The van der Waals surface area contributed by atoms with Gasteiger partial charge in [0.2, 0.25) is 0 Å². The Balaban J connectivity index is 2.46. The second-order valence-corrected chi connectivity index (χ2v) is 4.33. The molecule has 0 spiro atoms. The fourth-order valence-corrected chi connectivity index (χ4v) is 1.43. The molecule has 0 aliphatic heterocycles. The largest absolute Gasteiger partial charge is 0.445 e. The van der Waals surface area contributed by atoms with Crippen LogP contribution >= 0.6 is 0 Å². The molecule has 18 heavy (non-hydrogen) atoms. The van der Waals surface area contributed by atoms with Crippen LogP contribution in [-0.4, -0.2) is 45.2 Å². The highest BCUT2D eigenvalue weighted by atomic mass is 16.6. The summed E-state index contributed by atoms with van der Waals surface area (Å²) in [5, 5.41) is 0. The van der Waals surface area contributed by atoms with E-state index in [1.165, 1.54) is 4.90 Å². The van der Waals surface area contributed by atoms with Crippen molar-refractivity contribution in [3.8, 4) is 0 Å². The lowest BCUT2D eigenvalue weighted by Gasteiger charge is -2.16. The molecule has 5 heteroatoms. The molecule has 100 valence electrons. The summed E-state index contributed by atoms with van der Waals surface area (Å²) in [6, 6.07) is 7.89. The minimum atomic E-state index is -0.350. The van der Waals surface area contributed by atoms with Crippen LogP contribution in [0.15, 0.2) is 24.3 Å². The van der Waals surface area contributed by atoms with Crippen molar-refractivity contribution in [2.75, 3.05) is 39.1 Å². The van der Waals surface area contributed by atoms with E-state index in [4.69, 9.17) is 10.5 Å². The third-order valence-electron chi connectivity index (χ3n) is 2.59. The van der Waals surface area contributed by atoms with E-state index >= 15 is 0 Å². The zero-order valence-corrected chi connectivity index (χ0v) is 11.2. The topological polar surface area (TPSA) is 58.8 Å². The predicted molar refractivity (Wildman–Crippen MR) is 72.6 cm³/mol. The Morgan fingerprint density at radius 3 is 2.33 bits per heavy atom. The molecule has 0 unspecified atom stereocenters. The first-order valence-electron chi connectivity index (χ1n) is 5.89. The number of carbonyl (C=O) groups is 1. The molecule has 0 saturated carbocycles. The van der Waals surface area contributed by atoms with Gasteiger partial charge < -0.3 is 20.3 Å². The van der Waals surface area contributed by atoms with Crippen molar-refractivity contribution in [3.05, 3.63) is 29.8 Å². The molecule has 5 nitrogen and oxygen atoms in total. The van der Waals surface area contributed by atoms with Gasteiger partial charge in [-0.05, 0) is 17.7 Å². The lowest BCUT2D eigenvalue weighted by Crippen LogP contribution is -2.32. The Kier molecular flexibility index (Phi) is 5.45. The van der Waals surface area contributed by atoms with E-state index in [1.807, 2.05) is 43.3 Å². The van der Waals surface area contributed by atoms with Crippen LogP contribution in [0.25, 0.3) is 0 Å². The van der Waals surface area contributed by atoms with Gasteiger partial charge >= 0.3 is 6.09 Å². The lowest BCUT2D eigenvalue weighted by atomic mass is 10.2. The molecule has 1 amide bonds. The van der Waals surface area contributed by atoms with Crippen LogP contribution in [0.4, 0.5) is 10.5 Å². The average molecular weight is 251 g/mol. The van der Waals surface area contributed by atoms with Gasteiger partial charge in [-0.25, -0.2) is 4.79 Å². The van der Waals surface area contributed by atoms with E-state index in [1.54, 1.807) is 7.05 Å². The summed E-state index contributed by atoms with van der Waals surface area (Å²) in [7, 11) is 5.64. The normalized spacial score (nSPS) is 10.0. The van der Waals surface area contributed by atoms with Gasteiger partial charge in [-0.1, -0.05) is 12.1 Å². The first-order valence-corrected chi connectivity index (χ1v) is 5.89. The predicted octanol–water partition coefficient (Wildman–Crippen LogP) is 1.28. The highest BCUT2D eigenvalue weighted by molar-refractivity contribution is 5.67. The van der Waals surface area contributed by atoms with Crippen molar-refractivity contribution in [1.29, 1.82) is 0 Å². The van der Waals surface area contributed by atoms with Crippen molar-refractivity contribution in [3.63, 3.8) is 0 Å². The first-order chi connectivity index (χ1) is 8.54. The molecular formula is C13H21N3O2. The van der Waals surface area contributed by atoms with Crippen LogP contribution in [0.2, 0.25) is 0 Å². The van der Waals surface area contributed by atoms with E-state index in [0.717, 1.165) is 11.3 Å². The Hall–Kier alpha value is -1.75. The van der Waals surface area contributed by atoms with Gasteiger partial charge in [0.1, 0.15) is 6.61 Å². The van der Waals surface area contributed by atoms with Gasteiger partial charge in [0.25, 0.3) is 0 Å². The van der Waals surface area contributed by atoms with Crippen molar-refractivity contribution in [1.82, 2.24) is 4.90 Å². The number of hydrogen-bond donors (Lipinski definition) is 1. The van der Waals surface area contributed by atoms with Crippen LogP contribution in [0.5, 0.6) is 0 Å². The van der Waals surface area contributed by atoms with Crippen molar-refractivity contribution in [2.24, 2.45) is 5.73 Å². The summed E-state index contributed by atoms with van der Waals surface area (Å²) in [6.45, 7) is 1.21. The number of carbonyl (C=O) groups excluding carboxylic acids is 1. The van der Waals surface area contributed by atoms with E-state index in [9.17, 15) is 4.79 Å². The van der Waals surface area contributed by atoms with Crippen LogP contribution in [0, 0.1) is 0 Å². The minimum absolute atomic E-state index is 0.279. The van der Waals surface area contributed by atoms with Crippen molar-refractivity contribution < 1.29 is 9.53 Å². The molecule has 0 bridgehead atoms. The average Bonchev–Trinajstić information content (AvgIpc) is 2.36. The van der Waals surface area contributed by atoms with Crippen LogP contribution < -0.4 is 10.6 Å². The second kappa shape index (κ2) is 6.86. The fourth-order valence-electron chi connectivity index (χ4n) is 1.43. The zero-order valence-electron chi connectivity index (χ0n) is 11.2. The highest BCUT2D eigenvalue weighted by Gasteiger charge is 2.08. The number of hydrogen-bond acceptors (Lipinski definition) is 4. The molecule has 0 fully saturated rings. The highest BCUT2D eigenvalue weighted by Crippen LogP contribution is 2.13. The molecule has 2 N–H and O–H groups in total. The van der Waals surface area contributed by atoms with Crippen LogP contribution in [0.1, 0.15) is 5.56 Å². The molecule has 0 heterocycles. The van der Waals surface area contributed by atoms with E-state index in [-0.39, 0.29) is 12.7 Å². The van der Waals surface area contributed by atoms with Gasteiger partial charge in [-0.2, -0.15) is 0 Å². The number of rotatable bonds is 5. The van der Waals surface area contributed by atoms with Gasteiger partial charge in [-0.3, -0.25) is 0 Å². The zero-order chi connectivity index (χ0) is 13.5. The summed E-state index contributed by atoms with van der Waals surface area (Å²) < 4.78 is 5.16. The monoisotopic (exact) mass is 251 g/mol.